The Hall–Kier alpha value is -2.72. The van der Waals surface area contributed by atoms with Crippen LogP contribution in [-0.2, 0) is 17.6 Å². The van der Waals surface area contributed by atoms with Gasteiger partial charge in [-0.05, 0) is 55.4 Å². The number of nitrogens with zero attached hydrogens (tertiary/aromatic N) is 2. The summed E-state index contributed by atoms with van der Waals surface area (Å²) in [5.74, 6) is 1.64. The van der Waals surface area contributed by atoms with Gasteiger partial charge in [0.25, 0.3) is 0 Å². The van der Waals surface area contributed by atoms with E-state index < -0.39 is 0 Å². The number of nitriles is 1. The van der Waals surface area contributed by atoms with Gasteiger partial charge in [-0.1, -0.05) is 25.6 Å². The third-order valence-electron chi connectivity index (χ3n) is 5.30. The lowest BCUT2D eigenvalue weighted by molar-refractivity contribution is -0.115. The molecule has 7 heteroatoms. The molecule has 1 amide bonds. The maximum absolute atomic E-state index is 13.0. The summed E-state index contributed by atoms with van der Waals surface area (Å²) in [6.45, 7) is 4.18. The van der Waals surface area contributed by atoms with E-state index in [0.717, 1.165) is 30.5 Å². The Labute approximate surface area is 182 Å². The first-order chi connectivity index (χ1) is 14.5. The van der Waals surface area contributed by atoms with Crippen LogP contribution in [0.3, 0.4) is 0 Å². The van der Waals surface area contributed by atoms with Gasteiger partial charge in [0, 0.05) is 11.8 Å². The second kappa shape index (κ2) is 9.86. The number of benzene rings is 1. The number of nitrogens with one attached hydrogen (secondary N) is 1. The zero-order valence-corrected chi connectivity index (χ0v) is 18.6. The summed E-state index contributed by atoms with van der Waals surface area (Å²) in [6, 6.07) is 9.47. The second-order valence-corrected chi connectivity index (χ2v) is 8.67. The number of carbonyl (C=O) groups is 1. The van der Waals surface area contributed by atoms with Crippen LogP contribution in [0.1, 0.15) is 43.5 Å². The number of ether oxygens (including phenoxy) is 2. The van der Waals surface area contributed by atoms with Crippen molar-refractivity contribution in [2.24, 2.45) is 5.92 Å². The first-order valence-electron chi connectivity index (χ1n) is 10.1. The highest BCUT2D eigenvalue weighted by atomic mass is 32.2. The van der Waals surface area contributed by atoms with E-state index in [1.165, 1.54) is 11.8 Å². The first-order valence-corrected chi connectivity index (χ1v) is 11.0. The Morgan fingerprint density at radius 1 is 1.37 bits per heavy atom. The smallest absolute Gasteiger partial charge is 0.238 e. The van der Waals surface area contributed by atoms with Crippen LogP contribution in [0.15, 0.2) is 29.3 Å². The average molecular weight is 426 g/mol. The Morgan fingerprint density at radius 2 is 2.17 bits per heavy atom. The molecule has 0 saturated carbocycles. The van der Waals surface area contributed by atoms with E-state index in [2.05, 4.69) is 18.3 Å². The predicted octanol–water partition coefficient (Wildman–Crippen LogP) is 4.60. The standard InChI is InChI=1S/C23H27N3O3S/c1-5-21(22(27)25-19-9-7-17(28-3)12-20(19)29-4)30-23-16(13-24)11-15-10-14(2)6-8-18(15)26-23/h7,9,11-12,14,21H,5-6,8,10H2,1-4H3,(H,25,27). The Morgan fingerprint density at radius 3 is 2.83 bits per heavy atom. The lowest BCUT2D eigenvalue weighted by Crippen LogP contribution is -2.25. The summed E-state index contributed by atoms with van der Waals surface area (Å²) in [4.78, 5) is 17.7. The van der Waals surface area contributed by atoms with Gasteiger partial charge in [-0.2, -0.15) is 5.26 Å². The van der Waals surface area contributed by atoms with Crippen molar-refractivity contribution in [2.45, 2.75) is 49.8 Å². The molecule has 1 aliphatic carbocycles. The van der Waals surface area contributed by atoms with Crippen LogP contribution < -0.4 is 14.8 Å². The molecule has 30 heavy (non-hydrogen) atoms. The molecule has 0 spiro atoms. The number of amides is 1. The van der Waals surface area contributed by atoms with Gasteiger partial charge in [0.2, 0.25) is 5.91 Å². The Balaban J connectivity index is 1.80. The fourth-order valence-corrected chi connectivity index (χ4v) is 4.57. The van der Waals surface area contributed by atoms with E-state index in [4.69, 9.17) is 14.5 Å². The highest BCUT2D eigenvalue weighted by Crippen LogP contribution is 2.34. The molecule has 1 heterocycles. The molecule has 0 fully saturated rings. The van der Waals surface area contributed by atoms with E-state index in [1.54, 1.807) is 32.4 Å². The molecule has 1 aliphatic rings. The normalized spacial score (nSPS) is 16.2. The fourth-order valence-electron chi connectivity index (χ4n) is 3.57. The summed E-state index contributed by atoms with van der Waals surface area (Å²) >= 11 is 1.35. The molecular weight excluding hydrogens is 398 g/mol. The zero-order valence-electron chi connectivity index (χ0n) is 17.8. The number of hydrogen-bond acceptors (Lipinski definition) is 6. The van der Waals surface area contributed by atoms with Crippen LogP contribution in [0.25, 0.3) is 0 Å². The molecule has 0 radical (unpaired) electrons. The van der Waals surface area contributed by atoms with Crippen molar-refractivity contribution in [1.82, 2.24) is 4.98 Å². The van der Waals surface area contributed by atoms with Crippen molar-refractivity contribution >= 4 is 23.4 Å². The molecule has 0 aliphatic heterocycles. The van der Waals surface area contributed by atoms with Gasteiger partial charge in [-0.3, -0.25) is 4.79 Å². The molecule has 6 nitrogen and oxygen atoms in total. The number of aromatic nitrogens is 1. The van der Waals surface area contributed by atoms with E-state index in [-0.39, 0.29) is 11.2 Å². The summed E-state index contributed by atoms with van der Waals surface area (Å²) in [5, 5.41) is 12.8. The van der Waals surface area contributed by atoms with Crippen LogP contribution >= 0.6 is 11.8 Å². The van der Waals surface area contributed by atoms with Crippen molar-refractivity contribution in [2.75, 3.05) is 19.5 Å². The van der Waals surface area contributed by atoms with E-state index in [1.807, 2.05) is 13.0 Å². The average Bonchev–Trinajstić information content (AvgIpc) is 2.76. The van der Waals surface area contributed by atoms with Crippen molar-refractivity contribution in [3.8, 4) is 17.6 Å². The molecule has 158 valence electrons. The number of anilines is 1. The van der Waals surface area contributed by atoms with Crippen molar-refractivity contribution in [1.29, 1.82) is 5.26 Å². The van der Waals surface area contributed by atoms with E-state index in [9.17, 15) is 10.1 Å². The van der Waals surface area contributed by atoms with Gasteiger partial charge in [0.1, 0.15) is 22.6 Å². The minimum absolute atomic E-state index is 0.150. The summed E-state index contributed by atoms with van der Waals surface area (Å²) in [7, 11) is 3.13. The Bertz CT molecular complexity index is 971. The van der Waals surface area contributed by atoms with Gasteiger partial charge < -0.3 is 14.8 Å². The maximum Gasteiger partial charge on any atom is 0.238 e. The van der Waals surface area contributed by atoms with Crippen molar-refractivity contribution < 1.29 is 14.3 Å². The number of methoxy groups -OCH3 is 2. The third kappa shape index (κ3) is 4.88. The first kappa shape index (κ1) is 22.0. The molecule has 0 saturated heterocycles. The quantitative estimate of drug-likeness (QED) is 0.653. The number of rotatable bonds is 7. The van der Waals surface area contributed by atoms with Crippen LogP contribution in [-0.4, -0.2) is 30.4 Å². The monoisotopic (exact) mass is 425 g/mol. The van der Waals surface area contributed by atoms with Crippen LogP contribution in [0, 0.1) is 17.2 Å². The summed E-state index contributed by atoms with van der Waals surface area (Å²) < 4.78 is 10.6. The number of aryl methyl sites for hydroxylation is 1. The van der Waals surface area contributed by atoms with Crippen molar-refractivity contribution in [3.05, 3.63) is 41.1 Å². The molecule has 3 rings (SSSR count). The minimum atomic E-state index is -0.378. The molecule has 1 N–H and O–H groups in total. The molecule has 1 aromatic heterocycles. The van der Waals surface area contributed by atoms with Gasteiger partial charge in [0.05, 0.1) is 30.7 Å². The number of fused-ring (bicyclic) bond motifs is 1. The van der Waals surface area contributed by atoms with E-state index >= 15 is 0 Å². The number of pyridine rings is 1. The molecular formula is C23H27N3O3S. The number of thioether (sulfide) groups is 1. The lowest BCUT2D eigenvalue weighted by atomic mass is 9.87. The topological polar surface area (TPSA) is 84.2 Å². The second-order valence-electron chi connectivity index (χ2n) is 7.48. The number of carbonyl (C=O) groups excluding carboxylic acids is 1. The van der Waals surface area contributed by atoms with Gasteiger partial charge in [0.15, 0.2) is 0 Å². The lowest BCUT2D eigenvalue weighted by Gasteiger charge is -2.22. The van der Waals surface area contributed by atoms with Crippen LogP contribution in [0.4, 0.5) is 5.69 Å². The van der Waals surface area contributed by atoms with E-state index in [0.29, 0.717) is 40.1 Å². The molecule has 1 aromatic carbocycles. The molecule has 2 aromatic rings. The summed E-state index contributed by atoms with van der Waals surface area (Å²) in [6.07, 6.45) is 3.58. The SMILES string of the molecule is CCC(Sc1nc2c(cc1C#N)CC(C)CC2)C(=O)Nc1ccc(OC)cc1OC. The Kier molecular flexibility index (Phi) is 7.22. The highest BCUT2D eigenvalue weighted by Gasteiger charge is 2.24. The summed E-state index contributed by atoms with van der Waals surface area (Å²) in [5.41, 5.74) is 3.34. The van der Waals surface area contributed by atoms with Gasteiger partial charge >= 0.3 is 0 Å². The van der Waals surface area contributed by atoms with Gasteiger partial charge in [-0.25, -0.2) is 4.98 Å². The van der Waals surface area contributed by atoms with Crippen LogP contribution in [0.5, 0.6) is 11.5 Å². The highest BCUT2D eigenvalue weighted by molar-refractivity contribution is 8.00. The number of hydrogen-bond donors (Lipinski definition) is 1. The predicted molar refractivity (Wildman–Crippen MR) is 118 cm³/mol. The van der Waals surface area contributed by atoms with Gasteiger partial charge in [-0.15, -0.1) is 0 Å². The largest absolute Gasteiger partial charge is 0.497 e. The molecule has 0 bridgehead atoms. The molecule has 2 unspecified atom stereocenters. The third-order valence-corrected chi connectivity index (χ3v) is 6.67. The fraction of sp³-hybridized carbons (Fsp3) is 0.435. The van der Waals surface area contributed by atoms with Crippen LogP contribution in [0.2, 0.25) is 0 Å². The van der Waals surface area contributed by atoms with Crippen molar-refractivity contribution in [3.63, 3.8) is 0 Å². The minimum Gasteiger partial charge on any atom is -0.497 e. The molecule has 2 atom stereocenters. The zero-order chi connectivity index (χ0) is 21.7. The maximum atomic E-state index is 13.0.